The fourth-order valence-corrected chi connectivity index (χ4v) is 1.35. The van der Waals surface area contributed by atoms with Gasteiger partial charge in [-0.25, -0.2) is 0 Å². The van der Waals surface area contributed by atoms with Crippen molar-refractivity contribution in [2.45, 2.75) is 31.7 Å². The lowest BCUT2D eigenvalue weighted by atomic mass is 9.78. The first kappa shape index (κ1) is 10.7. The van der Waals surface area contributed by atoms with Gasteiger partial charge in [0, 0.05) is 12.5 Å². The van der Waals surface area contributed by atoms with Gasteiger partial charge >= 0.3 is 5.97 Å². The number of carbonyl (C=O) groups is 1. The van der Waals surface area contributed by atoms with Gasteiger partial charge in [0.05, 0.1) is 0 Å². The van der Waals surface area contributed by atoms with Gasteiger partial charge in [-0.3, -0.25) is 4.79 Å². The predicted molar refractivity (Wildman–Crippen MR) is 44.8 cm³/mol. The third-order valence-electron chi connectivity index (χ3n) is 2.04. The maximum atomic E-state index is 10.1. The zero-order valence-electron chi connectivity index (χ0n) is 6.32. The molecule has 0 saturated heterocycles. The lowest BCUT2D eigenvalue weighted by Gasteiger charge is -2.31. The molecule has 0 aromatic carbocycles. The molecule has 0 aliphatic heterocycles. The van der Waals surface area contributed by atoms with Crippen LogP contribution in [-0.2, 0) is 4.79 Å². The van der Waals surface area contributed by atoms with Crippen LogP contribution in [0.3, 0.4) is 0 Å². The van der Waals surface area contributed by atoms with Gasteiger partial charge in [-0.05, 0) is 25.2 Å². The second-order valence-electron chi connectivity index (χ2n) is 3.03. The average molecular weight is 180 g/mol. The Morgan fingerprint density at radius 2 is 2.09 bits per heavy atom. The monoisotopic (exact) mass is 179 g/mol. The topological polar surface area (TPSA) is 63.3 Å². The molecule has 0 unspecified atom stereocenters. The summed E-state index contributed by atoms with van der Waals surface area (Å²) >= 11 is 0. The molecule has 1 fully saturated rings. The number of rotatable bonds is 3. The third-order valence-corrected chi connectivity index (χ3v) is 2.04. The smallest absolute Gasteiger partial charge is 0.303 e. The highest BCUT2D eigenvalue weighted by Gasteiger charge is 2.25. The van der Waals surface area contributed by atoms with Crippen molar-refractivity contribution in [1.29, 1.82) is 0 Å². The number of carboxylic acids is 1. The van der Waals surface area contributed by atoms with Crippen LogP contribution in [0.4, 0.5) is 0 Å². The van der Waals surface area contributed by atoms with E-state index < -0.39 is 5.97 Å². The molecule has 11 heavy (non-hydrogen) atoms. The first-order valence-corrected chi connectivity index (χ1v) is 3.66. The van der Waals surface area contributed by atoms with E-state index in [1.54, 1.807) is 0 Å². The van der Waals surface area contributed by atoms with Gasteiger partial charge < -0.3 is 10.8 Å². The van der Waals surface area contributed by atoms with Crippen molar-refractivity contribution < 1.29 is 9.90 Å². The van der Waals surface area contributed by atoms with Crippen molar-refractivity contribution in [3.8, 4) is 0 Å². The minimum Gasteiger partial charge on any atom is -0.481 e. The lowest BCUT2D eigenvalue weighted by Crippen LogP contribution is -2.36. The van der Waals surface area contributed by atoms with Gasteiger partial charge in [0.25, 0.3) is 0 Å². The van der Waals surface area contributed by atoms with Gasteiger partial charge in [-0.15, -0.1) is 12.4 Å². The minimum absolute atomic E-state index is 0. The number of hydrogen-bond acceptors (Lipinski definition) is 2. The molecule has 1 aliphatic rings. The quantitative estimate of drug-likeness (QED) is 0.680. The Bertz CT molecular complexity index is 134. The maximum Gasteiger partial charge on any atom is 0.303 e. The summed E-state index contributed by atoms with van der Waals surface area (Å²) < 4.78 is 0. The zero-order chi connectivity index (χ0) is 7.56. The molecule has 0 aromatic rings. The summed E-state index contributed by atoms with van der Waals surface area (Å²) in [5.74, 6) is -0.105. The van der Waals surface area contributed by atoms with Crippen molar-refractivity contribution in [1.82, 2.24) is 0 Å². The first-order valence-electron chi connectivity index (χ1n) is 3.66. The van der Waals surface area contributed by atoms with Crippen LogP contribution in [0.1, 0.15) is 25.7 Å². The molecule has 1 aliphatic carbocycles. The van der Waals surface area contributed by atoms with Crippen LogP contribution in [0.5, 0.6) is 0 Å². The van der Waals surface area contributed by atoms with Gasteiger partial charge in [0.2, 0.25) is 0 Å². The standard InChI is InChI=1S/C7H13NO2.ClH/c8-6-3-5(4-6)1-2-7(9)10;/h5-6H,1-4,8H2,(H,9,10);1H. The predicted octanol–water partition coefficient (Wildman–Crippen LogP) is 1.01. The number of hydrogen-bond donors (Lipinski definition) is 2. The van der Waals surface area contributed by atoms with Crippen LogP contribution in [0, 0.1) is 5.92 Å². The minimum atomic E-state index is -0.694. The van der Waals surface area contributed by atoms with Crippen LogP contribution >= 0.6 is 12.4 Å². The second-order valence-corrected chi connectivity index (χ2v) is 3.03. The highest BCUT2D eigenvalue weighted by molar-refractivity contribution is 5.85. The van der Waals surface area contributed by atoms with E-state index in [9.17, 15) is 4.79 Å². The van der Waals surface area contributed by atoms with E-state index in [4.69, 9.17) is 10.8 Å². The largest absolute Gasteiger partial charge is 0.481 e. The van der Waals surface area contributed by atoms with Gasteiger partial charge in [0.1, 0.15) is 0 Å². The van der Waals surface area contributed by atoms with Gasteiger partial charge in [-0.1, -0.05) is 0 Å². The summed E-state index contributed by atoms with van der Waals surface area (Å²) in [6, 6.07) is 0.346. The van der Waals surface area contributed by atoms with Crippen molar-refractivity contribution >= 4 is 18.4 Å². The fraction of sp³-hybridized carbons (Fsp3) is 0.857. The second kappa shape index (κ2) is 4.57. The molecule has 0 radical (unpaired) electrons. The van der Waals surface area contributed by atoms with Crippen molar-refractivity contribution in [2.24, 2.45) is 11.7 Å². The number of carboxylic acid groups (broad SMARTS) is 1. The SMILES string of the molecule is Cl.NC1CC(CCC(=O)O)C1. The molecule has 66 valence electrons. The van der Waals surface area contributed by atoms with Crippen LogP contribution in [0.25, 0.3) is 0 Å². The molecule has 1 saturated carbocycles. The maximum absolute atomic E-state index is 10.1. The molecule has 4 heteroatoms. The summed E-state index contributed by atoms with van der Waals surface area (Å²) in [5, 5.41) is 8.32. The number of nitrogens with two attached hydrogens (primary N) is 1. The van der Waals surface area contributed by atoms with Crippen LogP contribution in [0.15, 0.2) is 0 Å². The van der Waals surface area contributed by atoms with Gasteiger partial charge in [-0.2, -0.15) is 0 Å². The van der Waals surface area contributed by atoms with E-state index in [1.807, 2.05) is 0 Å². The van der Waals surface area contributed by atoms with Crippen LogP contribution < -0.4 is 5.73 Å². The molecule has 0 bridgehead atoms. The molecule has 3 N–H and O–H groups in total. The van der Waals surface area contributed by atoms with E-state index in [1.165, 1.54) is 0 Å². The highest BCUT2D eigenvalue weighted by atomic mass is 35.5. The van der Waals surface area contributed by atoms with Gasteiger partial charge in [0.15, 0.2) is 0 Å². The van der Waals surface area contributed by atoms with Crippen molar-refractivity contribution in [3.63, 3.8) is 0 Å². The lowest BCUT2D eigenvalue weighted by molar-refractivity contribution is -0.137. The van der Waals surface area contributed by atoms with E-state index in [-0.39, 0.29) is 12.4 Å². The Kier molecular flexibility index (Phi) is 4.45. The fourth-order valence-electron chi connectivity index (χ4n) is 1.35. The van der Waals surface area contributed by atoms with Crippen molar-refractivity contribution in [2.75, 3.05) is 0 Å². The number of aliphatic carboxylic acids is 1. The Balaban J connectivity index is 0.000001000. The summed E-state index contributed by atoms with van der Waals surface area (Å²) in [6.07, 6.45) is 3.15. The first-order chi connectivity index (χ1) is 4.68. The summed E-state index contributed by atoms with van der Waals surface area (Å²) in [6.45, 7) is 0. The molecular formula is C7H14ClNO2. The summed E-state index contributed by atoms with van der Waals surface area (Å²) in [5.41, 5.74) is 5.53. The van der Waals surface area contributed by atoms with Crippen LogP contribution in [-0.4, -0.2) is 17.1 Å². The molecule has 1 rings (SSSR count). The highest BCUT2D eigenvalue weighted by Crippen LogP contribution is 2.29. The Hall–Kier alpha value is -0.280. The molecule has 0 heterocycles. The Morgan fingerprint density at radius 1 is 1.55 bits per heavy atom. The Morgan fingerprint density at radius 3 is 2.45 bits per heavy atom. The van der Waals surface area contributed by atoms with Crippen LogP contribution in [0.2, 0.25) is 0 Å². The number of halogens is 1. The molecular weight excluding hydrogens is 166 g/mol. The Labute approximate surface area is 72.4 Å². The third kappa shape index (κ3) is 3.58. The molecule has 0 amide bonds. The van der Waals surface area contributed by atoms with E-state index in [0.717, 1.165) is 19.3 Å². The van der Waals surface area contributed by atoms with E-state index in [2.05, 4.69) is 0 Å². The van der Waals surface area contributed by atoms with Crippen molar-refractivity contribution in [3.05, 3.63) is 0 Å². The van der Waals surface area contributed by atoms with E-state index >= 15 is 0 Å². The molecule has 0 spiro atoms. The molecule has 0 atom stereocenters. The van der Waals surface area contributed by atoms with E-state index in [0.29, 0.717) is 18.4 Å². The zero-order valence-corrected chi connectivity index (χ0v) is 7.14. The summed E-state index contributed by atoms with van der Waals surface area (Å²) in [4.78, 5) is 10.1. The molecule has 3 nitrogen and oxygen atoms in total. The molecule has 0 aromatic heterocycles. The summed E-state index contributed by atoms with van der Waals surface area (Å²) in [7, 11) is 0. The normalized spacial score (nSPS) is 28.5. The average Bonchev–Trinajstić information content (AvgIpc) is 1.77.